The Morgan fingerprint density at radius 1 is 1.13 bits per heavy atom. The Kier molecular flexibility index (Phi) is 7.74. The topological polar surface area (TPSA) is 75.7 Å². The highest BCUT2D eigenvalue weighted by Crippen LogP contribution is 2.30. The first-order valence-corrected chi connectivity index (χ1v) is 12.0. The van der Waals surface area contributed by atoms with E-state index in [0.717, 1.165) is 29.1 Å². The molecule has 0 unspecified atom stereocenters. The molecule has 6 nitrogen and oxygen atoms in total. The molecule has 0 aromatic heterocycles. The molecule has 0 bridgehead atoms. The van der Waals surface area contributed by atoms with Crippen LogP contribution in [0.2, 0.25) is 0 Å². The van der Waals surface area contributed by atoms with E-state index in [9.17, 15) is 13.2 Å². The Bertz CT molecular complexity index is 1030. The number of hydrogen-bond acceptors (Lipinski definition) is 4. The zero-order chi connectivity index (χ0) is 22.3. The van der Waals surface area contributed by atoms with Crippen LogP contribution in [0.1, 0.15) is 37.7 Å². The van der Waals surface area contributed by atoms with Crippen LogP contribution in [0.3, 0.4) is 0 Å². The minimum atomic E-state index is -4.02. The molecule has 3 rings (SSSR count). The van der Waals surface area contributed by atoms with Gasteiger partial charge in [-0.1, -0.05) is 35.9 Å². The van der Waals surface area contributed by atoms with E-state index < -0.39 is 10.0 Å². The van der Waals surface area contributed by atoms with Crippen LogP contribution in [0.5, 0.6) is 5.75 Å². The predicted molar refractivity (Wildman–Crippen MR) is 123 cm³/mol. The fraction of sp³-hybridized carbons (Fsp3) is 0.375. The van der Waals surface area contributed by atoms with Gasteiger partial charge in [-0.25, -0.2) is 8.42 Å². The molecule has 0 saturated carbocycles. The van der Waals surface area contributed by atoms with Crippen LogP contribution in [-0.2, 0) is 14.8 Å². The number of ether oxygens (including phenoxy) is 1. The maximum Gasteiger partial charge on any atom is 0.268 e. The summed E-state index contributed by atoms with van der Waals surface area (Å²) < 4.78 is 33.6. The van der Waals surface area contributed by atoms with Crippen LogP contribution in [0.4, 0.5) is 5.69 Å². The SMILES string of the molecule is COc1ccc(C)cc1S(=O)(=O)N(CC(=O)NCCC1=CCCCC1)c1ccccc1. The molecule has 7 heteroatoms. The first-order chi connectivity index (χ1) is 14.9. The van der Waals surface area contributed by atoms with Gasteiger partial charge in [0.15, 0.2) is 0 Å². The number of anilines is 1. The number of benzene rings is 2. The van der Waals surface area contributed by atoms with Gasteiger partial charge in [-0.05, 0) is 68.9 Å². The summed E-state index contributed by atoms with van der Waals surface area (Å²) >= 11 is 0. The second-order valence-corrected chi connectivity index (χ2v) is 9.54. The lowest BCUT2D eigenvalue weighted by Crippen LogP contribution is -2.41. The van der Waals surface area contributed by atoms with E-state index in [4.69, 9.17) is 4.74 Å². The van der Waals surface area contributed by atoms with Gasteiger partial charge in [-0.2, -0.15) is 0 Å². The van der Waals surface area contributed by atoms with Gasteiger partial charge < -0.3 is 10.1 Å². The van der Waals surface area contributed by atoms with Crippen LogP contribution in [0, 0.1) is 6.92 Å². The van der Waals surface area contributed by atoms with Crippen molar-refractivity contribution in [3.8, 4) is 5.75 Å². The number of para-hydroxylation sites is 1. The van der Waals surface area contributed by atoms with Crippen molar-refractivity contribution < 1.29 is 17.9 Å². The molecule has 1 aliphatic carbocycles. The number of hydrogen-bond donors (Lipinski definition) is 1. The van der Waals surface area contributed by atoms with E-state index in [-0.39, 0.29) is 23.1 Å². The Morgan fingerprint density at radius 2 is 1.90 bits per heavy atom. The molecule has 31 heavy (non-hydrogen) atoms. The number of rotatable bonds is 9. The van der Waals surface area contributed by atoms with Crippen molar-refractivity contribution in [1.29, 1.82) is 0 Å². The van der Waals surface area contributed by atoms with Crippen LogP contribution in [-0.4, -0.2) is 34.5 Å². The van der Waals surface area contributed by atoms with Gasteiger partial charge in [0.1, 0.15) is 17.2 Å². The van der Waals surface area contributed by atoms with E-state index in [1.54, 1.807) is 48.5 Å². The summed E-state index contributed by atoms with van der Waals surface area (Å²) in [5.41, 5.74) is 2.58. The molecule has 0 radical (unpaired) electrons. The molecule has 1 amide bonds. The Morgan fingerprint density at radius 3 is 2.58 bits per heavy atom. The molecule has 0 atom stereocenters. The zero-order valence-electron chi connectivity index (χ0n) is 18.1. The summed E-state index contributed by atoms with van der Waals surface area (Å²) in [6.07, 6.45) is 7.64. The van der Waals surface area contributed by atoms with E-state index in [2.05, 4.69) is 11.4 Å². The van der Waals surface area contributed by atoms with E-state index in [0.29, 0.717) is 12.2 Å². The average molecular weight is 443 g/mol. The monoisotopic (exact) mass is 442 g/mol. The second kappa shape index (κ2) is 10.5. The number of methoxy groups -OCH3 is 1. The lowest BCUT2D eigenvalue weighted by atomic mass is 9.97. The van der Waals surface area contributed by atoms with Crippen molar-refractivity contribution in [1.82, 2.24) is 5.32 Å². The fourth-order valence-electron chi connectivity index (χ4n) is 3.69. The summed E-state index contributed by atoms with van der Waals surface area (Å²) in [7, 11) is -2.59. The lowest BCUT2D eigenvalue weighted by Gasteiger charge is -2.25. The third-order valence-corrected chi connectivity index (χ3v) is 7.17. The van der Waals surface area contributed by atoms with Gasteiger partial charge >= 0.3 is 0 Å². The molecule has 2 aromatic carbocycles. The average Bonchev–Trinajstić information content (AvgIpc) is 2.78. The number of carbonyl (C=O) groups is 1. The third-order valence-electron chi connectivity index (χ3n) is 5.37. The van der Waals surface area contributed by atoms with E-state index >= 15 is 0 Å². The first-order valence-electron chi connectivity index (χ1n) is 10.6. The smallest absolute Gasteiger partial charge is 0.268 e. The van der Waals surface area contributed by atoms with Crippen LogP contribution < -0.4 is 14.4 Å². The van der Waals surface area contributed by atoms with Crippen molar-refractivity contribution in [2.45, 2.75) is 43.9 Å². The van der Waals surface area contributed by atoms with Crippen molar-refractivity contribution in [3.63, 3.8) is 0 Å². The maximum atomic E-state index is 13.6. The predicted octanol–water partition coefficient (Wildman–Crippen LogP) is 4.21. The molecule has 2 aromatic rings. The van der Waals surface area contributed by atoms with Crippen molar-refractivity contribution in [3.05, 3.63) is 65.7 Å². The third kappa shape index (κ3) is 5.88. The summed E-state index contributed by atoms with van der Waals surface area (Å²) in [4.78, 5) is 12.7. The second-order valence-electron chi connectivity index (χ2n) is 7.71. The summed E-state index contributed by atoms with van der Waals surface area (Å²) in [5, 5.41) is 2.88. The Labute approximate surface area is 185 Å². The number of sulfonamides is 1. The quantitative estimate of drug-likeness (QED) is 0.591. The molecule has 0 fully saturated rings. The van der Waals surface area contributed by atoms with Crippen molar-refractivity contribution in [2.24, 2.45) is 0 Å². The van der Waals surface area contributed by atoms with E-state index in [1.807, 2.05) is 6.92 Å². The van der Waals surface area contributed by atoms with Crippen LogP contribution in [0.15, 0.2) is 65.1 Å². The number of carbonyl (C=O) groups excluding carboxylic acids is 1. The number of allylic oxidation sites excluding steroid dienone is 1. The van der Waals surface area contributed by atoms with Gasteiger partial charge in [-0.15, -0.1) is 0 Å². The molecule has 1 aliphatic rings. The van der Waals surface area contributed by atoms with Gasteiger partial charge in [0.25, 0.3) is 10.0 Å². The zero-order valence-corrected chi connectivity index (χ0v) is 19.0. The molecule has 0 saturated heterocycles. The minimum absolute atomic E-state index is 0.0408. The highest BCUT2D eigenvalue weighted by atomic mass is 32.2. The number of amides is 1. The summed E-state index contributed by atoms with van der Waals surface area (Å²) in [6.45, 7) is 2.02. The van der Waals surface area contributed by atoms with Gasteiger partial charge in [-0.3, -0.25) is 9.10 Å². The molecular formula is C24H30N2O4S. The molecule has 0 heterocycles. The fourth-order valence-corrected chi connectivity index (χ4v) is 5.36. The highest BCUT2D eigenvalue weighted by Gasteiger charge is 2.30. The molecule has 0 spiro atoms. The van der Waals surface area contributed by atoms with Crippen LogP contribution >= 0.6 is 0 Å². The Balaban J connectivity index is 1.81. The van der Waals surface area contributed by atoms with Gasteiger partial charge in [0, 0.05) is 6.54 Å². The lowest BCUT2D eigenvalue weighted by molar-refractivity contribution is -0.119. The van der Waals surface area contributed by atoms with E-state index in [1.165, 1.54) is 25.5 Å². The highest BCUT2D eigenvalue weighted by molar-refractivity contribution is 7.93. The van der Waals surface area contributed by atoms with Crippen LogP contribution in [0.25, 0.3) is 0 Å². The molecule has 1 N–H and O–H groups in total. The Hall–Kier alpha value is -2.80. The summed E-state index contributed by atoms with van der Waals surface area (Å²) in [5.74, 6) is -0.0911. The normalized spacial score (nSPS) is 13.9. The molecular weight excluding hydrogens is 412 g/mol. The number of aryl methyl sites for hydroxylation is 1. The number of nitrogens with one attached hydrogen (secondary N) is 1. The van der Waals surface area contributed by atoms with Crippen molar-refractivity contribution >= 4 is 21.6 Å². The maximum absolute atomic E-state index is 13.6. The molecule has 0 aliphatic heterocycles. The first kappa shape index (κ1) is 22.9. The van der Waals surface area contributed by atoms with Gasteiger partial charge in [0.2, 0.25) is 5.91 Å². The van der Waals surface area contributed by atoms with Gasteiger partial charge in [0.05, 0.1) is 12.8 Å². The summed E-state index contributed by atoms with van der Waals surface area (Å²) in [6, 6.07) is 13.6. The van der Waals surface area contributed by atoms with Crippen molar-refractivity contribution in [2.75, 3.05) is 24.5 Å². The standard InChI is InChI=1S/C24H30N2O4S/c1-19-13-14-22(30-2)23(17-19)31(28,29)26(21-11-7-4-8-12-21)18-24(27)25-16-15-20-9-5-3-6-10-20/h4,7-9,11-14,17H,3,5-6,10,15-16,18H2,1-2H3,(H,25,27). The largest absolute Gasteiger partial charge is 0.495 e. The minimum Gasteiger partial charge on any atom is -0.495 e. The molecule has 166 valence electrons. The number of nitrogens with zero attached hydrogens (tertiary/aromatic N) is 1.